The molecule has 2 N–H and O–H groups in total. The second kappa shape index (κ2) is 8.18. The molecule has 0 saturated carbocycles. The van der Waals surface area contributed by atoms with E-state index in [2.05, 4.69) is 15.8 Å². The Morgan fingerprint density at radius 3 is 2.68 bits per heavy atom. The highest BCUT2D eigenvalue weighted by atomic mass is 19.4. The number of carbonyl (C=O) groups is 1. The number of nitrogens with one attached hydrogen (secondary N) is 2. The average Bonchev–Trinajstić information content (AvgIpc) is 2.60. The third-order valence-corrected chi connectivity index (χ3v) is 3.18. The van der Waals surface area contributed by atoms with Gasteiger partial charge in [-0.25, -0.2) is 5.43 Å². The van der Waals surface area contributed by atoms with Gasteiger partial charge in [0.2, 0.25) is 0 Å². The van der Waals surface area contributed by atoms with Crippen LogP contribution in [-0.4, -0.2) is 25.8 Å². The molecule has 0 heterocycles. The molecule has 0 aliphatic carbocycles. The number of hydrogen-bond donors (Lipinski definition) is 2. The summed E-state index contributed by atoms with van der Waals surface area (Å²) in [7, 11) is 1.53. The minimum absolute atomic E-state index is 0.0918. The van der Waals surface area contributed by atoms with Crippen molar-refractivity contribution in [3.63, 3.8) is 0 Å². The second-order valence-electron chi connectivity index (χ2n) is 4.96. The summed E-state index contributed by atoms with van der Waals surface area (Å²) in [6.07, 6.45) is -3.52. The molecule has 0 aromatic heterocycles. The number of hydrazone groups is 1. The summed E-state index contributed by atoms with van der Waals surface area (Å²) in [5.41, 5.74) is 1.90. The van der Waals surface area contributed by atoms with Crippen molar-refractivity contribution in [3.8, 4) is 5.75 Å². The summed E-state index contributed by atoms with van der Waals surface area (Å²) in [5.74, 6) is 0.135. The van der Waals surface area contributed by atoms with Crippen molar-refractivity contribution in [2.45, 2.75) is 6.18 Å². The number of methoxy groups -OCH3 is 1. The molecule has 1 amide bonds. The number of benzene rings is 2. The van der Waals surface area contributed by atoms with Crippen LogP contribution in [0.1, 0.15) is 11.1 Å². The van der Waals surface area contributed by atoms with E-state index in [1.165, 1.54) is 25.3 Å². The molecule has 2 aromatic rings. The van der Waals surface area contributed by atoms with Crippen LogP contribution < -0.4 is 15.5 Å². The molecule has 2 rings (SSSR count). The minimum Gasteiger partial charge on any atom is -0.497 e. The van der Waals surface area contributed by atoms with E-state index in [0.29, 0.717) is 11.4 Å². The number of ether oxygens (including phenoxy) is 1. The molecule has 0 radical (unpaired) electrons. The number of carbonyl (C=O) groups excluding carboxylic acids is 1. The molecule has 132 valence electrons. The molecule has 0 unspecified atom stereocenters. The Hall–Kier alpha value is -3.03. The molecule has 0 fully saturated rings. The molecule has 0 atom stereocenters. The third kappa shape index (κ3) is 5.52. The number of anilines is 1. The van der Waals surface area contributed by atoms with Crippen LogP contribution in [-0.2, 0) is 11.0 Å². The van der Waals surface area contributed by atoms with Crippen LogP contribution in [0.3, 0.4) is 0 Å². The van der Waals surface area contributed by atoms with Crippen molar-refractivity contribution in [3.05, 3.63) is 59.7 Å². The fourth-order valence-electron chi connectivity index (χ4n) is 2.00. The molecule has 0 aliphatic heterocycles. The maximum absolute atomic E-state index is 12.8. The predicted octanol–water partition coefficient (Wildman–Crippen LogP) is 3.28. The number of alkyl halides is 3. The van der Waals surface area contributed by atoms with E-state index in [0.717, 1.165) is 12.3 Å². The van der Waals surface area contributed by atoms with Crippen LogP contribution >= 0.6 is 0 Å². The van der Waals surface area contributed by atoms with Crippen molar-refractivity contribution in [2.75, 3.05) is 19.0 Å². The largest absolute Gasteiger partial charge is 0.497 e. The van der Waals surface area contributed by atoms with Gasteiger partial charge in [-0.2, -0.15) is 18.3 Å². The molecular formula is C17H16F3N3O2. The summed E-state index contributed by atoms with van der Waals surface area (Å²) in [6, 6.07) is 11.9. The van der Waals surface area contributed by atoms with Gasteiger partial charge in [0, 0.05) is 17.3 Å². The van der Waals surface area contributed by atoms with Gasteiger partial charge in [-0.15, -0.1) is 0 Å². The monoisotopic (exact) mass is 351 g/mol. The molecule has 2 aromatic carbocycles. The summed E-state index contributed by atoms with van der Waals surface area (Å²) >= 11 is 0. The topological polar surface area (TPSA) is 62.7 Å². The Balaban J connectivity index is 1.91. The predicted molar refractivity (Wildman–Crippen MR) is 88.7 cm³/mol. The van der Waals surface area contributed by atoms with Crippen molar-refractivity contribution >= 4 is 17.8 Å². The first-order valence-corrected chi connectivity index (χ1v) is 7.26. The second-order valence-corrected chi connectivity index (χ2v) is 4.96. The lowest BCUT2D eigenvalue weighted by molar-refractivity contribution is -0.137. The van der Waals surface area contributed by atoms with Crippen LogP contribution in [0.25, 0.3) is 0 Å². The van der Waals surface area contributed by atoms with Gasteiger partial charge in [-0.05, 0) is 18.2 Å². The summed E-state index contributed by atoms with van der Waals surface area (Å²) < 4.78 is 43.6. The highest BCUT2D eigenvalue weighted by molar-refractivity contribution is 5.85. The zero-order chi connectivity index (χ0) is 18.3. The van der Waals surface area contributed by atoms with E-state index >= 15 is 0 Å². The number of nitrogens with zero attached hydrogens (tertiary/aromatic N) is 1. The van der Waals surface area contributed by atoms with Gasteiger partial charge in [0.15, 0.2) is 0 Å². The number of rotatable bonds is 6. The van der Waals surface area contributed by atoms with E-state index in [-0.39, 0.29) is 12.1 Å². The van der Waals surface area contributed by atoms with E-state index < -0.39 is 17.6 Å². The van der Waals surface area contributed by atoms with Crippen LogP contribution in [0, 0.1) is 0 Å². The molecule has 0 bridgehead atoms. The Labute approximate surface area is 142 Å². The van der Waals surface area contributed by atoms with E-state index in [4.69, 9.17) is 4.74 Å². The number of hydrogen-bond acceptors (Lipinski definition) is 4. The Morgan fingerprint density at radius 2 is 1.96 bits per heavy atom. The Kier molecular flexibility index (Phi) is 5.99. The van der Waals surface area contributed by atoms with Gasteiger partial charge in [0.1, 0.15) is 5.75 Å². The molecule has 5 nitrogen and oxygen atoms in total. The quantitative estimate of drug-likeness (QED) is 0.620. The Morgan fingerprint density at radius 1 is 1.20 bits per heavy atom. The first-order valence-electron chi connectivity index (χ1n) is 7.26. The first kappa shape index (κ1) is 18.3. The average molecular weight is 351 g/mol. The lowest BCUT2D eigenvalue weighted by atomic mass is 10.1. The van der Waals surface area contributed by atoms with Crippen molar-refractivity contribution < 1.29 is 22.7 Å². The van der Waals surface area contributed by atoms with E-state index in [1.807, 2.05) is 0 Å². The fourth-order valence-corrected chi connectivity index (χ4v) is 2.00. The van der Waals surface area contributed by atoms with Crippen LogP contribution in [0.5, 0.6) is 5.75 Å². The van der Waals surface area contributed by atoms with E-state index in [9.17, 15) is 18.0 Å². The maximum Gasteiger partial charge on any atom is 0.417 e. The minimum atomic E-state index is -4.49. The zero-order valence-corrected chi connectivity index (χ0v) is 13.3. The molecule has 0 saturated heterocycles. The van der Waals surface area contributed by atoms with E-state index in [1.54, 1.807) is 24.3 Å². The maximum atomic E-state index is 12.8. The molecular weight excluding hydrogens is 335 g/mol. The van der Waals surface area contributed by atoms with Gasteiger partial charge < -0.3 is 10.1 Å². The molecule has 8 heteroatoms. The van der Waals surface area contributed by atoms with Crippen LogP contribution in [0.2, 0.25) is 0 Å². The molecule has 25 heavy (non-hydrogen) atoms. The first-order chi connectivity index (χ1) is 11.9. The van der Waals surface area contributed by atoms with Crippen molar-refractivity contribution in [2.24, 2.45) is 5.10 Å². The van der Waals surface area contributed by atoms with Crippen molar-refractivity contribution in [1.82, 2.24) is 5.43 Å². The summed E-state index contributed by atoms with van der Waals surface area (Å²) in [6.45, 7) is -0.0918. The van der Waals surface area contributed by atoms with Gasteiger partial charge in [0.05, 0.1) is 25.4 Å². The third-order valence-electron chi connectivity index (χ3n) is 3.18. The number of halogens is 3. The smallest absolute Gasteiger partial charge is 0.417 e. The zero-order valence-electron chi connectivity index (χ0n) is 13.3. The van der Waals surface area contributed by atoms with Crippen molar-refractivity contribution in [1.29, 1.82) is 0 Å². The summed E-state index contributed by atoms with van der Waals surface area (Å²) in [4.78, 5) is 11.7. The van der Waals surface area contributed by atoms with Crippen LogP contribution in [0.4, 0.5) is 18.9 Å². The fraction of sp³-hybridized carbons (Fsp3) is 0.176. The lowest BCUT2D eigenvalue weighted by Crippen LogP contribution is -2.26. The SMILES string of the molecule is COc1cccc(NCC(=O)N/N=C\c2ccccc2C(F)(F)F)c1. The highest BCUT2D eigenvalue weighted by Crippen LogP contribution is 2.31. The van der Waals surface area contributed by atoms with Gasteiger partial charge in [0.25, 0.3) is 5.91 Å². The number of amides is 1. The lowest BCUT2D eigenvalue weighted by Gasteiger charge is -2.09. The van der Waals surface area contributed by atoms with Gasteiger partial charge >= 0.3 is 6.18 Å². The Bertz CT molecular complexity index is 761. The molecule has 0 spiro atoms. The highest BCUT2D eigenvalue weighted by Gasteiger charge is 2.32. The molecule has 0 aliphatic rings. The normalized spacial score (nSPS) is 11.4. The standard InChI is InChI=1S/C17H16F3N3O2/c1-25-14-7-4-6-13(9-14)21-11-16(24)23-22-10-12-5-2-3-8-15(12)17(18,19)20/h2-10,21H,11H2,1H3,(H,23,24)/b22-10-. The van der Waals surface area contributed by atoms with Crippen LogP contribution in [0.15, 0.2) is 53.6 Å². The van der Waals surface area contributed by atoms with Gasteiger partial charge in [-0.1, -0.05) is 24.3 Å². The summed E-state index contributed by atoms with van der Waals surface area (Å²) in [5, 5.41) is 6.43. The van der Waals surface area contributed by atoms with Gasteiger partial charge in [-0.3, -0.25) is 4.79 Å².